The highest BCUT2D eigenvalue weighted by Crippen LogP contribution is 2.23. The van der Waals surface area contributed by atoms with Gasteiger partial charge in [-0.3, -0.25) is 4.79 Å². The third-order valence-corrected chi connectivity index (χ3v) is 4.02. The van der Waals surface area contributed by atoms with E-state index in [0.29, 0.717) is 37.1 Å². The molecule has 1 heterocycles. The van der Waals surface area contributed by atoms with Gasteiger partial charge in [-0.05, 0) is 29.8 Å². The molecule has 156 valence electrons. The van der Waals surface area contributed by atoms with Crippen molar-refractivity contribution in [2.75, 3.05) is 26.9 Å². The molecule has 0 fully saturated rings. The van der Waals surface area contributed by atoms with Crippen LogP contribution in [0, 0.1) is 0 Å². The number of amides is 1. The number of pyridine rings is 1. The van der Waals surface area contributed by atoms with Crippen molar-refractivity contribution in [1.29, 1.82) is 0 Å². The van der Waals surface area contributed by atoms with Crippen molar-refractivity contribution >= 4 is 5.91 Å². The number of nitrogens with zero attached hydrogens (tertiary/aromatic N) is 1. The van der Waals surface area contributed by atoms with Crippen molar-refractivity contribution in [3.8, 4) is 23.1 Å². The molecule has 2 aromatic carbocycles. The molecule has 0 spiro atoms. The number of carbonyl (C=O) groups excluding carboxylic acids is 1. The first kappa shape index (κ1) is 21.1. The van der Waals surface area contributed by atoms with Crippen LogP contribution in [0.5, 0.6) is 23.1 Å². The molecule has 3 rings (SSSR count). The number of aromatic nitrogens is 1. The largest absolute Gasteiger partial charge is 0.497 e. The second kappa shape index (κ2) is 11.4. The van der Waals surface area contributed by atoms with E-state index in [-0.39, 0.29) is 12.5 Å². The molecule has 7 nitrogen and oxygen atoms in total. The molecule has 3 aromatic rings. The number of nitrogens with one attached hydrogen (secondary N) is 1. The normalized spacial score (nSPS) is 10.3. The lowest BCUT2D eigenvalue weighted by atomic mass is 10.3. The third-order valence-electron chi connectivity index (χ3n) is 4.02. The summed E-state index contributed by atoms with van der Waals surface area (Å²) in [5.74, 6) is 2.38. The Morgan fingerprint density at radius 1 is 0.933 bits per heavy atom. The fourth-order valence-corrected chi connectivity index (χ4v) is 2.51. The Morgan fingerprint density at radius 2 is 1.73 bits per heavy atom. The molecule has 1 amide bonds. The number of hydrogen-bond acceptors (Lipinski definition) is 6. The van der Waals surface area contributed by atoms with Gasteiger partial charge in [0.05, 0.1) is 13.7 Å². The van der Waals surface area contributed by atoms with Crippen molar-refractivity contribution < 1.29 is 23.7 Å². The van der Waals surface area contributed by atoms with Gasteiger partial charge in [0.1, 0.15) is 30.5 Å². The molecule has 0 saturated carbocycles. The van der Waals surface area contributed by atoms with Gasteiger partial charge in [-0.15, -0.1) is 0 Å². The zero-order chi connectivity index (χ0) is 21.0. The van der Waals surface area contributed by atoms with E-state index >= 15 is 0 Å². The summed E-state index contributed by atoms with van der Waals surface area (Å²) in [6, 6.07) is 20.3. The maximum Gasteiger partial charge on any atom is 0.246 e. The van der Waals surface area contributed by atoms with Crippen LogP contribution in [0.25, 0.3) is 0 Å². The fraction of sp³-hybridized carbons (Fsp3) is 0.217. The summed E-state index contributed by atoms with van der Waals surface area (Å²) in [5.41, 5.74) is 0.855. The molecule has 1 N–H and O–H groups in total. The first-order valence-corrected chi connectivity index (χ1v) is 9.52. The van der Waals surface area contributed by atoms with Crippen LogP contribution in [0.1, 0.15) is 5.56 Å². The Bertz CT molecular complexity index is 916. The second-order valence-corrected chi connectivity index (χ2v) is 6.28. The maximum absolute atomic E-state index is 11.9. The van der Waals surface area contributed by atoms with Gasteiger partial charge in [0.15, 0.2) is 0 Å². The molecular weight excluding hydrogens is 384 g/mol. The van der Waals surface area contributed by atoms with E-state index in [1.807, 2.05) is 54.6 Å². The van der Waals surface area contributed by atoms with Crippen LogP contribution < -0.4 is 19.5 Å². The van der Waals surface area contributed by atoms with E-state index in [0.717, 1.165) is 11.3 Å². The van der Waals surface area contributed by atoms with E-state index in [2.05, 4.69) is 10.3 Å². The Kier molecular flexibility index (Phi) is 8.05. The van der Waals surface area contributed by atoms with Gasteiger partial charge in [-0.1, -0.05) is 30.3 Å². The van der Waals surface area contributed by atoms with E-state index in [1.165, 1.54) is 0 Å². The van der Waals surface area contributed by atoms with Gasteiger partial charge >= 0.3 is 0 Å². The van der Waals surface area contributed by atoms with Crippen LogP contribution >= 0.6 is 0 Å². The van der Waals surface area contributed by atoms with Gasteiger partial charge in [-0.2, -0.15) is 0 Å². The van der Waals surface area contributed by atoms with E-state index in [4.69, 9.17) is 18.9 Å². The molecule has 0 bridgehead atoms. The van der Waals surface area contributed by atoms with Gasteiger partial charge in [0, 0.05) is 24.9 Å². The summed E-state index contributed by atoms with van der Waals surface area (Å²) >= 11 is 0. The number of hydrogen-bond donors (Lipinski definition) is 1. The number of para-hydroxylation sites is 1. The molecular formula is C23H24N2O5. The molecule has 30 heavy (non-hydrogen) atoms. The van der Waals surface area contributed by atoms with Crippen molar-refractivity contribution in [2.45, 2.75) is 6.54 Å². The molecule has 0 saturated heterocycles. The zero-order valence-electron chi connectivity index (χ0n) is 16.7. The monoisotopic (exact) mass is 408 g/mol. The average Bonchev–Trinajstić information content (AvgIpc) is 2.79. The lowest BCUT2D eigenvalue weighted by molar-refractivity contribution is -0.126. The first-order chi connectivity index (χ1) is 14.7. The summed E-state index contributed by atoms with van der Waals surface area (Å²) in [6.07, 6.45) is 1.66. The molecule has 0 aliphatic heterocycles. The number of rotatable bonds is 11. The minimum atomic E-state index is -0.202. The summed E-state index contributed by atoms with van der Waals surface area (Å²) < 4.78 is 21.7. The predicted octanol–water partition coefficient (Wildman–Crippen LogP) is 3.59. The first-order valence-electron chi connectivity index (χ1n) is 9.52. The van der Waals surface area contributed by atoms with Gasteiger partial charge in [0.2, 0.25) is 11.8 Å². The topological polar surface area (TPSA) is 78.9 Å². The van der Waals surface area contributed by atoms with Gasteiger partial charge in [0.25, 0.3) is 0 Å². The van der Waals surface area contributed by atoms with Crippen molar-refractivity contribution in [3.63, 3.8) is 0 Å². The Labute approximate surface area is 175 Å². The molecule has 0 radical (unpaired) electrons. The highest BCUT2D eigenvalue weighted by atomic mass is 16.5. The predicted molar refractivity (Wildman–Crippen MR) is 112 cm³/mol. The molecule has 0 unspecified atom stereocenters. The summed E-state index contributed by atoms with van der Waals surface area (Å²) in [4.78, 5) is 16.1. The number of methoxy groups -OCH3 is 1. The summed E-state index contributed by atoms with van der Waals surface area (Å²) in [5, 5.41) is 2.79. The minimum absolute atomic E-state index is 0.0252. The number of carbonyl (C=O) groups is 1. The molecule has 0 atom stereocenters. The van der Waals surface area contributed by atoms with E-state index < -0.39 is 0 Å². The standard InChI is InChI=1S/C23H24N2O5/c1-27-20-8-5-9-21(14-20)30-23-11-10-18(16-25-23)15-24-22(26)17-28-12-13-29-19-6-3-2-4-7-19/h2-11,14,16H,12-13,15,17H2,1H3,(H,24,26). The number of benzene rings is 2. The van der Waals surface area contributed by atoms with E-state index in [9.17, 15) is 4.79 Å². The Morgan fingerprint density at radius 3 is 2.50 bits per heavy atom. The molecule has 7 heteroatoms. The minimum Gasteiger partial charge on any atom is -0.497 e. The van der Waals surface area contributed by atoms with Crippen molar-refractivity contribution in [3.05, 3.63) is 78.5 Å². The van der Waals surface area contributed by atoms with Crippen LogP contribution in [0.4, 0.5) is 0 Å². The smallest absolute Gasteiger partial charge is 0.246 e. The van der Waals surface area contributed by atoms with Crippen LogP contribution in [0.3, 0.4) is 0 Å². The average molecular weight is 408 g/mol. The number of ether oxygens (including phenoxy) is 4. The highest BCUT2D eigenvalue weighted by Gasteiger charge is 2.04. The molecule has 0 aliphatic rings. The van der Waals surface area contributed by atoms with Gasteiger partial charge in [-0.25, -0.2) is 4.98 Å². The lowest BCUT2D eigenvalue weighted by Gasteiger charge is -2.09. The second-order valence-electron chi connectivity index (χ2n) is 6.28. The maximum atomic E-state index is 11.9. The van der Waals surface area contributed by atoms with E-state index in [1.54, 1.807) is 25.4 Å². The van der Waals surface area contributed by atoms with Crippen molar-refractivity contribution in [2.24, 2.45) is 0 Å². The highest BCUT2D eigenvalue weighted by molar-refractivity contribution is 5.77. The summed E-state index contributed by atoms with van der Waals surface area (Å²) in [6.45, 7) is 1.05. The van der Waals surface area contributed by atoms with Crippen LogP contribution in [-0.4, -0.2) is 37.8 Å². The molecule has 1 aromatic heterocycles. The lowest BCUT2D eigenvalue weighted by Crippen LogP contribution is -2.27. The quantitative estimate of drug-likeness (QED) is 0.489. The Hall–Kier alpha value is -3.58. The van der Waals surface area contributed by atoms with Crippen LogP contribution in [0.2, 0.25) is 0 Å². The van der Waals surface area contributed by atoms with Crippen LogP contribution in [0.15, 0.2) is 72.9 Å². The summed E-state index contributed by atoms with van der Waals surface area (Å²) in [7, 11) is 1.60. The van der Waals surface area contributed by atoms with Crippen molar-refractivity contribution in [1.82, 2.24) is 10.3 Å². The van der Waals surface area contributed by atoms with Crippen LogP contribution in [-0.2, 0) is 16.1 Å². The molecule has 0 aliphatic carbocycles. The van der Waals surface area contributed by atoms with Gasteiger partial charge < -0.3 is 24.3 Å². The third kappa shape index (κ3) is 7.10. The SMILES string of the molecule is COc1cccc(Oc2ccc(CNC(=O)COCCOc3ccccc3)cn2)c1. The fourth-order valence-electron chi connectivity index (χ4n) is 2.51. The Balaban J connectivity index is 1.33. The zero-order valence-corrected chi connectivity index (χ0v) is 16.7.